The summed E-state index contributed by atoms with van der Waals surface area (Å²) in [5.74, 6) is 0. The van der Waals surface area contributed by atoms with Gasteiger partial charge in [0.15, 0.2) is 0 Å². The Balaban J connectivity index is 1.87. The van der Waals surface area contributed by atoms with E-state index in [0.29, 0.717) is 5.02 Å². The second-order valence-corrected chi connectivity index (χ2v) is 7.84. The van der Waals surface area contributed by atoms with Gasteiger partial charge in [-0.25, -0.2) is 4.98 Å². The van der Waals surface area contributed by atoms with E-state index >= 15 is 0 Å². The van der Waals surface area contributed by atoms with E-state index in [-0.39, 0.29) is 0 Å². The van der Waals surface area contributed by atoms with Gasteiger partial charge in [0.05, 0.1) is 16.9 Å². The van der Waals surface area contributed by atoms with Crippen molar-refractivity contribution in [3.05, 3.63) is 108 Å². The largest absolute Gasteiger partial charge is 0.293 e. The monoisotopic (exact) mass is 404 g/mol. The van der Waals surface area contributed by atoms with Crippen LogP contribution in [0.5, 0.6) is 0 Å². The molecule has 6 rings (SSSR count). The molecule has 0 unspecified atom stereocenters. The molecule has 0 fully saturated rings. The number of benzene rings is 4. The molecule has 30 heavy (non-hydrogen) atoms. The minimum Gasteiger partial charge on any atom is -0.293 e. The zero-order chi connectivity index (χ0) is 20.1. The summed E-state index contributed by atoms with van der Waals surface area (Å²) in [6.45, 7) is 0. The Morgan fingerprint density at radius 3 is 1.97 bits per heavy atom. The van der Waals surface area contributed by atoms with Crippen molar-refractivity contribution >= 4 is 38.9 Å². The van der Waals surface area contributed by atoms with Crippen LogP contribution in [0.2, 0.25) is 5.02 Å². The predicted octanol–water partition coefficient (Wildman–Crippen LogP) is 7.63. The number of aromatic nitrogens is 2. The Morgan fingerprint density at radius 2 is 1.23 bits per heavy atom. The van der Waals surface area contributed by atoms with E-state index in [4.69, 9.17) is 16.6 Å². The molecule has 0 spiro atoms. The number of rotatable bonds is 2. The maximum Gasteiger partial charge on any atom is 0.146 e. The van der Waals surface area contributed by atoms with Crippen molar-refractivity contribution in [1.29, 1.82) is 0 Å². The lowest BCUT2D eigenvalue weighted by Gasteiger charge is -2.12. The SMILES string of the molecule is Clc1ccc2c(c1)c(-c1ccccc1)nc1c3ccccc3c(-c3ccccc3)n21. The average molecular weight is 405 g/mol. The third kappa shape index (κ3) is 2.54. The molecule has 3 heteroatoms. The summed E-state index contributed by atoms with van der Waals surface area (Å²) in [6, 6.07) is 35.4. The normalized spacial score (nSPS) is 11.5. The molecule has 0 amide bonds. The summed E-state index contributed by atoms with van der Waals surface area (Å²) in [5.41, 5.74) is 6.40. The Bertz CT molecular complexity index is 1530. The van der Waals surface area contributed by atoms with Crippen LogP contribution in [0.25, 0.3) is 49.8 Å². The van der Waals surface area contributed by atoms with Gasteiger partial charge in [-0.2, -0.15) is 0 Å². The number of nitrogens with zero attached hydrogens (tertiary/aromatic N) is 2. The van der Waals surface area contributed by atoms with Crippen LogP contribution in [0, 0.1) is 0 Å². The molecule has 0 aliphatic rings. The second-order valence-electron chi connectivity index (χ2n) is 7.41. The quantitative estimate of drug-likeness (QED) is 0.290. The molecule has 0 atom stereocenters. The summed E-state index contributed by atoms with van der Waals surface area (Å²) in [7, 11) is 0. The van der Waals surface area contributed by atoms with Crippen LogP contribution >= 0.6 is 11.6 Å². The maximum absolute atomic E-state index is 6.43. The third-order valence-corrected chi connectivity index (χ3v) is 5.86. The van der Waals surface area contributed by atoms with Crippen LogP contribution in [0.4, 0.5) is 0 Å². The van der Waals surface area contributed by atoms with Gasteiger partial charge in [0.25, 0.3) is 0 Å². The highest BCUT2D eigenvalue weighted by Gasteiger charge is 2.19. The van der Waals surface area contributed by atoms with Gasteiger partial charge in [-0.05, 0) is 23.8 Å². The summed E-state index contributed by atoms with van der Waals surface area (Å²) >= 11 is 6.43. The number of hydrogen-bond donors (Lipinski definition) is 0. The molecule has 2 heterocycles. The van der Waals surface area contributed by atoms with Gasteiger partial charge < -0.3 is 0 Å². The van der Waals surface area contributed by atoms with Crippen LogP contribution in [-0.4, -0.2) is 9.38 Å². The van der Waals surface area contributed by atoms with Gasteiger partial charge >= 0.3 is 0 Å². The van der Waals surface area contributed by atoms with Gasteiger partial charge in [0, 0.05) is 26.7 Å². The molecular weight excluding hydrogens is 388 g/mol. The predicted molar refractivity (Wildman–Crippen MR) is 126 cm³/mol. The fraction of sp³-hybridized carbons (Fsp3) is 0. The van der Waals surface area contributed by atoms with Crippen LogP contribution in [0.1, 0.15) is 0 Å². The molecule has 0 radical (unpaired) electrons. The Kier molecular flexibility index (Phi) is 3.87. The first kappa shape index (κ1) is 17.3. The van der Waals surface area contributed by atoms with Crippen LogP contribution in [0.3, 0.4) is 0 Å². The summed E-state index contributed by atoms with van der Waals surface area (Å²) in [6.07, 6.45) is 0. The lowest BCUT2D eigenvalue weighted by Crippen LogP contribution is -1.97. The van der Waals surface area contributed by atoms with Crippen molar-refractivity contribution in [2.24, 2.45) is 0 Å². The first-order chi connectivity index (χ1) is 14.8. The van der Waals surface area contributed by atoms with Crippen LogP contribution in [0.15, 0.2) is 103 Å². The highest BCUT2D eigenvalue weighted by molar-refractivity contribution is 6.31. The zero-order valence-electron chi connectivity index (χ0n) is 16.1. The lowest BCUT2D eigenvalue weighted by atomic mass is 10.1. The van der Waals surface area contributed by atoms with E-state index in [1.807, 2.05) is 36.4 Å². The lowest BCUT2D eigenvalue weighted by molar-refractivity contribution is 1.21. The number of halogens is 1. The molecule has 2 nitrogen and oxygen atoms in total. The second kappa shape index (κ2) is 6.72. The van der Waals surface area contributed by atoms with Crippen molar-refractivity contribution in [2.45, 2.75) is 0 Å². The molecular formula is C27H17ClN2. The van der Waals surface area contributed by atoms with Crippen molar-refractivity contribution in [2.75, 3.05) is 0 Å². The highest BCUT2D eigenvalue weighted by atomic mass is 35.5. The Morgan fingerprint density at radius 1 is 0.600 bits per heavy atom. The fourth-order valence-electron chi connectivity index (χ4n) is 4.33. The van der Waals surface area contributed by atoms with E-state index in [1.165, 1.54) is 10.9 Å². The molecule has 0 saturated carbocycles. The van der Waals surface area contributed by atoms with E-state index in [0.717, 1.165) is 38.9 Å². The van der Waals surface area contributed by atoms with E-state index in [9.17, 15) is 0 Å². The molecule has 0 aliphatic heterocycles. The molecule has 4 aromatic carbocycles. The van der Waals surface area contributed by atoms with E-state index in [2.05, 4.69) is 71.1 Å². The minimum absolute atomic E-state index is 0.707. The topological polar surface area (TPSA) is 17.3 Å². The van der Waals surface area contributed by atoms with Gasteiger partial charge in [0.2, 0.25) is 0 Å². The molecule has 0 bridgehead atoms. The van der Waals surface area contributed by atoms with E-state index in [1.54, 1.807) is 0 Å². The van der Waals surface area contributed by atoms with Crippen molar-refractivity contribution in [3.8, 4) is 22.5 Å². The van der Waals surface area contributed by atoms with Crippen molar-refractivity contribution in [3.63, 3.8) is 0 Å². The van der Waals surface area contributed by atoms with Gasteiger partial charge in [-0.3, -0.25) is 4.40 Å². The molecule has 0 N–H and O–H groups in total. The maximum atomic E-state index is 6.43. The zero-order valence-corrected chi connectivity index (χ0v) is 16.8. The summed E-state index contributed by atoms with van der Waals surface area (Å²) < 4.78 is 2.28. The minimum atomic E-state index is 0.707. The van der Waals surface area contributed by atoms with E-state index < -0.39 is 0 Å². The summed E-state index contributed by atoms with van der Waals surface area (Å²) in [4.78, 5) is 5.19. The van der Waals surface area contributed by atoms with Gasteiger partial charge in [-0.1, -0.05) is 96.5 Å². The van der Waals surface area contributed by atoms with Crippen LogP contribution in [-0.2, 0) is 0 Å². The van der Waals surface area contributed by atoms with Crippen LogP contribution < -0.4 is 0 Å². The average Bonchev–Trinajstić information content (AvgIpc) is 3.14. The number of hydrogen-bond acceptors (Lipinski definition) is 1. The Labute approximate surface area is 179 Å². The highest BCUT2D eigenvalue weighted by Crippen LogP contribution is 2.39. The molecule has 2 aromatic heterocycles. The van der Waals surface area contributed by atoms with Gasteiger partial charge in [-0.15, -0.1) is 0 Å². The van der Waals surface area contributed by atoms with Crippen molar-refractivity contribution in [1.82, 2.24) is 9.38 Å². The number of fused-ring (bicyclic) bond motifs is 5. The third-order valence-electron chi connectivity index (χ3n) is 5.63. The first-order valence-corrected chi connectivity index (χ1v) is 10.3. The smallest absolute Gasteiger partial charge is 0.146 e. The van der Waals surface area contributed by atoms with Gasteiger partial charge in [0.1, 0.15) is 5.65 Å². The fourth-order valence-corrected chi connectivity index (χ4v) is 4.50. The summed E-state index contributed by atoms with van der Waals surface area (Å²) in [5, 5.41) is 4.08. The molecule has 0 saturated heterocycles. The Hall–Kier alpha value is -3.62. The molecule has 6 aromatic rings. The van der Waals surface area contributed by atoms with Crippen molar-refractivity contribution < 1.29 is 0 Å². The molecule has 142 valence electrons. The molecule has 0 aliphatic carbocycles. The first-order valence-electron chi connectivity index (χ1n) is 9.94. The standard InChI is InChI=1S/C27H17ClN2/c28-20-15-16-24-23(17-20)25(18-9-3-1-4-10-18)29-27-22-14-8-7-13-21(22)26(30(24)27)19-11-5-2-6-12-19/h1-17H.